The average molecular weight is 262 g/mol. The van der Waals surface area contributed by atoms with Gasteiger partial charge in [-0.05, 0) is 30.5 Å². The molecule has 2 rings (SSSR count). The molecular formula is C13H14N2O2S. The summed E-state index contributed by atoms with van der Waals surface area (Å²) in [5, 5.41) is 14.4. The molecule has 0 fully saturated rings. The Hall–Kier alpha value is -1.88. The Bertz CT molecular complexity index is 526. The quantitative estimate of drug-likeness (QED) is 0.888. The van der Waals surface area contributed by atoms with Gasteiger partial charge in [0.25, 0.3) is 5.91 Å². The first-order valence-electron chi connectivity index (χ1n) is 5.64. The maximum Gasteiger partial charge on any atom is 0.273 e. The standard InChI is InChI=1S/C13H14N2O2S/c1-9(8-10-4-3-7-18-10)15-13(17)12-11(16)5-2-6-14-12/h2-7,9,16H,8H2,1H3,(H,15,17). The summed E-state index contributed by atoms with van der Waals surface area (Å²) in [6.45, 7) is 1.93. The zero-order valence-corrected chi connectivity index (χ0v) is 10.8. The first kappa shape index (κ1) is 12.6. The van der Waals surface area contributed by atoms with E-state index < -0.39 is 0 Å². The van der Waals surface area contributed by atoms with Crippen LogP contribution in [0.15, 0.2) is 35.8 Å². The fourth-order valence-corrected chi connectivity index (χ4v) is 2.48. The Labute approximate surface area is 109 Å². The van der Waals surface area contributed by atoms with Crippen LogP contribution in [0.5, 0.6) is 5.75 Å². The van der Waals surface area contributed by atoms with E-state index in [4.69, 9.17) is 0 Å². The van der Waals surface area contributed by atoms with Gasteiger partial charge in [0, 0.05) is 23.5 Å². The van der Waals surface area contributed by atoms with Crippen LogP contribution in [0.25, 0.3) is 0 Å². The van der Waals surface area contributed by atoms with Gasteiger partial charge in [0.15, 0.2) is 5.69 Å². The van der Waals surface area contributed by atoms with Gasteiger partial charge in [-0.15, -0.1) is 11.3 Å². The number of aromatic hydroxyl groups is 1. The number of nitrogens with zero attached hydrogens (tertiary/aromatic N) is 1. The number of carbonyl (C=O) groups is 1. The second-order valence-electron chi connectivity index (χ2n) is 4.03. The largest absolute Gasteiger partial charge is 0.505 e. The van der Waals surface area contributed by atoms with Crippen LogP contribution >= 0.6 is 11.3 Å². The van der Waals surface area contributed by atoms with E-state index in [9.17, 15) is 9.90 Å². The molecule has 1 unspecified atom stereocenters. The minimum Gasteiger partial charge on any atom is -0.505 e. The first-order valence-corrected chi connectivity index (χ1v) is 6.52. The SMILES string of the molecule is CC(Cc1cccs1)NC(=O)c1ncccc1O. The highest BCUT2D eigenvalue weighted by Crippen LogP contribution is 2.14. The summed E-state index contributed by atoms with van der Waals surface area (Å²) >= 11 is 1.66. The topological polar surface area (TPSA) is 62.2 Å². The van der Waals surface area contributed by atoms with Gasteiger partial charge >= 0.3 is 0 Å². The monoisotopic (exact) mass is 262 g/mol. The summed E-state index contributed by atoms with van der Waals surface area (Å²) < 4.78 is 0. The molecule has 2 aromatic heterocycles. The number of rotatable bonds is 4. The predicted octanol–water partition coefficient (Wildman–Crippen LogP) is 2.21. The summed E-state index contributed by atoms with van der Waals surface area (Å²) in [4.78, 5) is 17.0. The Morgan fingerprint density at radius 3 is 3.00 bits per heavy atom. The number of amides is 1. The second-order valence-corrected chi connectivity index (χ2v) is 5.06. The lowest BCUT2D eigenvalue weighted by atomic mass is 10.2. The highest BCUT2D eigenvalue weighted by atomic mass is 32.1. The normalized spacial score (nSPS) is 12.1. The Morgan fingerprint density at radius 2 is 2.33 bits per heavy atom. The highest BCUT2D eigenvalue weighted by molar-refractivity contribution is 7.09. The van der Waals surface area contributed by atoms with Crippen molar-refractivity contribution in [2.75, 3.05) is 0 Å². The van der Waals surface area contributed by atoms with Gasteiger partial charge < -0.3 is 10.4 Å². The van der Waals surface area contributed by atoms with Gasteiger partial charge in [-0.1, -0.05) is 6.07 Å². The third-order valence-electron chi connectivity index (χ3n) is 2.47. The lowest BCUT2D eigenvalue weighted by Gasteiger charge is -2.12. The van der Waals surface area contributed by atoms with Crippen molar-refractivity contribution in [2.45, 2.75) is 19.4 Å². The molecule has 0 saturated heterocycles. The molecule has 0 spiro atoms. The summed E-state index contributed by atoms with van der Waals surface area (Å²) in [5.74, 6) is -0.449. The first-order chi connectivity index (χ1) is 8.66. The minimum atomic E-state index is -0.350. The van der Waals surface area contributed by atoms with E-state index >= 15 is 0 Å². The van der Waals surface area contributed by atoms with Gasteiger partial charge in [0.05, 0.1) is 0 Å². The van der Waals surface area contributed by atoms with Crippen LogP contribution in [0.4, 0.5) is 0 Å². The molecule has 94 valence electrons. The van der Waals surface area contributed by atoms with E-state index in [0.29, 0.717) is 0 Å². The van der Waals surface area contributed by atoms with Gasteiger partial charge in [0.1, 0.15) is 5.75 Å². The molecule has 2 N–H and O–H groups in total. The van der Waals surface area contributed by atoms with Crippen LogP contribution in [0.1, 0.15) is 22.3 Å². The van der Waals surface area contributed by atoms with E-state index in [2.05, 4.69) is 10.3 Å². The number of hydrogen-bond donors (Lipinski definition) is 2. The molecule has 1 atom stereocenters. The van der Waals surface area contributed by atoms with Crippen LogP contribution in [-0.4, -0.2) is 22.0 Å². The van der Waals surface area contributed by atoms with Crippen LogP contribution in [0.2, 0.25) is 0 Å². The lowest BCUT2D eigenvalue weighted by molar-refractivity contribution is 0.0932. The fourth-order valence-electron chi connectivity index (χ4n) is 1.65. The molecule has 0 aliphatic heterocycles. The molecule has 5 heteroatoms. The molecule has 0 aliphatic rings. The van der Waals surface area contributed by atoms with Gasteiger partial charge in [-0.2, -0.15) is 0 Å². The van der Waals surface area contributed by atoms with Gasteiger partial charge in [-0.25, -0.2) is 4.98 Å². The molecule has 0 bridgehead atoms. The maximum atomic E-state index is 11.9. The Balaban J connectivity index is 1.97. The molecule has 0 radical (unpaired) electrons. The van der Waals surface area contributed by atoms with Gasteiger partial charge in [0.2, 0.25) is 0 Å². The van der Waals surface area contributed by atoms with E-state index in [1.54, 1.807) is 17.4 Å². The van der Waals surface area contributed by atoms with Crippen LogP contribution in [-0.2, 0) is 6.42 Å². The second kappa shape index (κ2) is 5.64. The molecule has 4 nitrogen and oxygen atoms in total. The van der Waals surface area contributed by atoms with Crippen molar-refractivity contribution in [1.29, 1.82) is 0 Å². The molecule has 0 saturated carbocycles. The van der Waals surface area contributed by atoms with Crippen LogP contribution < -0.4 is 5.32 Å². The molecular weight excluding hydrogens is 248 g/mol. The van der Waals surface area contributed by atoms with E-state index in [-0.39, 0.29) is 23.4 Å². The van der Waals surface area contributed by atoms with Gasteiger partial charge in [-0.3, -0.25) is 4.79 Å². The van der Waals surface area contributed by atoms with Crippen molar-refractivity contribution < 1.29 is 9.90 Å². The minimum absolute atomic E-state index is 0.00226. The number of hydrogen-bond acceptors (Lipinski definition) is 4. The molecule has 1 amide bonds. The zero-order chi connectivity index (χ0) is 13.0. The number of nitrogens with one attached hydrogen (secondary N) is 1. The van der Waals surface area contributed by atoms with Crippen molar-refractivity contribution in [2.24, 2.45) is 0 Å². The number of aromatic nitrogens is 1. The van der Waals surface area contributed by atoms with Crippen molar-refractivity contribution >= 4 is 17.2 Å². The molecule has 2 aromatic rings. The number of pyridine rings is 1. The smallest absolute Gasteiger partial charge is 0.273 e. The summed E-state index contributed by atoms with van der Waals surface area (Å²) in [6, 6.07) is 7.05. The lowest BCUT2D eigenvalue weighted by Crippen LogP contribution is -2.34. The maximum absolute atomic E-state index is 11.9. The summed E-state index contributed by atoms with van der Waals surface area (Å²) in [5.41, 5.74) is 0.0653. The Kier molecular flexibility index (Phi) is 3.94. The summed E-state index contributed by atoms with van der Waals surface area (Å²) in [6.07, 6.45) is 2.26. The average Bonchev–Trinajstić information content (AvgIpc) is 2.82. The predicted molar refractivity (Wildman–Crippen MR) is 70.9 cm³/mol. The summed E-state index contributed by atoms with van der Waals surface area (Å²) in [7, 11) is 0. The third-order valence-corrected chi connectivity index (χ3v) is 3.37. The van der Waals surface area contributed by atoms with Crippen LogP contribution in [0.3, 0.4) is 0 Å². The van der Waals surface area contributed by atoms with Crippen LogP contribution in [0, 0.1) is 0 Å². The number of thiophene rings is 1. The van der Waals surface area contributed by atoms with E-state index in [1.807, 2.05) is 24.4 Å². The van der Waals surface area contributed by atoms with E-state index in [0.717, 1.165) is 6.42 Å². The number of carbonyl (C=O) groups excluding carboxylic acids is 1. The highest BCUT2D eigenvalue weighted by Gasteiger charge is 2.15. The zero-order valence-electron chi connectivity index (χ0n) is 9.96. The molecule has 18 heavy (non-hydrogen) atoms. The third kappa shape index (κ3) is 3.07. The van der Waals surface area contributed by atoms with Crippen molar-refractivity contribution in [3.05, 3.63) is 46.4 Å². The van der Waals surface area contributed by atoms with E-state index in [1.165, 1.54) is 17.1 Å². The molecule has 2 heterocycles. The Morgan fingerprint density at radius 1 is 1.50 bits per heavy atom. The van der Waals surface area contributed by atoms with Crippen molar-refractivity contribution in [3.8, 4) is 5.75 Å². The van der Waals surface area contributed by atoms with Crippen molar-refractivity contribution in [3.63, 3.8) is 0 Å². The van der Waals surface area contributed by atoms with Crippen molar-refractivity contribution in [1.82, 2.24) is 10.3 Å². The molecule has 0 aromatic carbocycles. The fraction of sp³-hybridized carbons (Fsp3) is 0.231. The molecule has 0 aliphatic carbocycles.